The first-order valence-corrected chi connectivity index (χ1v) is 18.4. The van der Waals surface area contributed by atoms with E-state index in [0.29, 0.717) is 0 Å². The number of anilines is 3. The number of fused-ring (bicyclic) bond motifs is 4. The SMILES string of the molecule is c1ccc(-c2ccc(-c3ccccc3N(c3ccc(-c4ccc5cc(-c6ccccc6)ccc5c4)cc3)c3cccc4oc5ccccc5c34)cc2)cc1. The molecular formula is C52H35NO. The van der Waals surface area contributed by atoms with Crippen LogP contribution in [0, 0.1) is 0 Å². The summed E-state index contributed by atoms with van der Waals surface area (Å²) in [7, 11) is 0. The lowest BCUT2D eigenvalue weighted by Crippen LogP contribution is -2.11. The van der Waals surface area contributed by atoms with Crippen molar-refractivity contribution < 1.29 is 4.42 Å². The molecule has 10 rings (SSSR count). The maximum atomic E-state index is 6.40. The summed E-state index contributed by atoms with van der Waals surface area (Å²) in [5, 5.41) is 4.65. The van der Waals surface area contributed by atoms with Gasteiger partial charge >= 0.3 is 0 Å². The molecule has 9 aromatic carbocycles. The van der Waals surface area contributed by atoms with Gasteiger partial charge in [-0.25, -0.2) is 0 Å². The van der Waals surface area contributed by atoms with Crippen LogP contribution in [0.15, 0.2) is 217 Å². The van der Waals surface area contributed by atoms with E-state index in [2.05, 4.69) is 205 Å². The molecule has 0 atom stereocenters. The summed E-state index contributed by atoms with van der Waals surface area (Å²) in [4.78, 5) is 2.39. The molecule has 254 valence electrons. The van der Waals surface area contributed by atoms with Crippen molar-refractivity contribution in [1.82, 2.24) is 0 Å². The lowest BCUT2D eigenvalue weighted by atomic mass is 9.97. The molecule has 0 N–H and O–H groups in total. The van der Waals surface area contributed by atoms with Gasteiger partial charge in [0.15, 0.2) is 0 Å². The minimum Gasteiger partial charge on any atom is -0.456 e. The van der Waals surface area contributed by atoms with E-state index in [9.17, 15) is 0 Å². The Balaban J connectivity index is 1.08. The average Bonchev–Trinajstić information content (AvgIpc) is 3.64. The zero-order chi connectivity index (χ0) is 35.8. The predicted molar refractivity (Wildman–Crippen MR) is 228 cm³/mol. The summed E-state index contributed by atoms with van der Waals surface area (Å²) in [5.74, 6) is 0. The molecule has 0 aliphatic carbocycles. The van der Waals surface area contributed by atoms with Crippen molar-refractivity contribution in [1.29, 1.82) is 0 Å². The maximum Gasteiger partial charge on any atom is 0.137 e. The van der Waals surface area contributed by atoms with Crippen LogP contribution in [-0.4, -0.2) is 0 Å². The summed E-state index contributed by atoms with van der Waals surface area (Å²) in [6.07, 6.45) is 0. The molecule has 2 heteroatoms. The lowest BCUT2D eigenvalue weighted by molar-refractivity contribution is 0.669. The van der Waals surface area contributed by atoms with Crippen molar-refractivity contribution in [3.05, 3.63) is 212 Å². The normalized spacial score (nSPS) is 11.3. The molecule has 1 heterocycles. The Kier molecular flexibility index (Phi) is 7.85. The first-order chi connectivity index (χ1) is 26.8. The van der Waals surface area contributed by atoms with Gasteiger partial charge in [-0.1, -0.05) is 164 Å². The number of hydrogen-bond acceptors (Lipinski definition) is 2. The molecule has 0 saturated heterocycles. The van der Waals surface area contributed by atoms with E-state index < -0.39 is 0 Å². The number of furan rings is 1. The van der Waals surface area contributed by atoms with Gasteiger partial charge in [-0.15, -0.1) is 0 Å². The first kappa shape index (κ1) is 31.6. The Morgan fingerprint density at radius 3 is 1.50 bits per heavy atom. The van der Waals surface area contributed by atoms with Crippen molar-refractivity contribution in [3.63, 3.8) is 0 Å². The molecule has 0 spiro atoms. The zero-order valence-electron chi connectivity index (χ0n) is 29.6. The number of hydrogen-bond donors (Lipinski definition) is 0. The highest BCUT2D eigenvalue weighted by Crippen LogP contribution is 2.46. The smallest absolute Gasteiger partial charge is 0.137 e. The fraction of sp³-hybridized carbons (Fsp3) is 0. The molecule has 0 radical (unpaired) electrons. The topological polar surface area (TPSA) is 16.4 Å². The summed E-state index contributed by atoms with van der Waals surface area (Å²) >= 11 is 0. The minimum absolute atomic E-state index is 0.867. The van der Waals surface area contributed by atoms with Crippen molar-refractivity contribution >= 4 is 49.8 Å². The second-order valence-corrected chi connectivity index (χ2v) is 13.7. The molecule has 0 unspecified atom stereocenters. The van der Waals surface area contributed by atoms with Gasteiger partial charge in [-0.2, -0.15) is 0 Å². The molecule has 0 saturated carbocycles. The molecule has 0 amide bonds. The summed E-state index contributed by atoms with van der Waals surface area (Å²) in [6.45, 7) is 0. The third kappa shape index (κ3) is 5.71. The quantitative estimate of drug-likeness (QED) is 0.166. The van der Waals surface area contributed by atoms with Crippen molar-refractivity contribution in [2.24, 2.45) is 0 Å². The van der Waals surface area contributed by atoms with Crippen molar-refractivity contribution in [2.75, 3.05) is 4.90 Å². The van der Waals surface area contributed by atoms with Gasteiger partial charge in [0.1, 0.15) is 11.2 Å². The molecule has 0 fully saturated rings. The first-order valence-electron chi connectivity index (χ1n) is 18.4. The van der Waals surface area contributed by atoms with E-state index in [1.54, 1.807) is 0 Å². The molecular weight excluding hydrogens is 655 g/mol. The zero-order valence-corrected chi connectivity index (χ0v) is 29.6. The third-order valence-electron chi connectivity index (χ3n) is 10.5. The van der Waals surface area contributed by atoms with E-state index in [-0.39, 0.29) is 0 Å². The monoisotopic (exact) mass is 689 g/mol. The van der Waals surface area contributed by atoms with Gasteiger partial charge in [0.2, 0.25) is 0 Å². The Bertz CT molecular complexity index is 2910. The van der Waals surface area contributed by atoms with Crippen LogP contribution in [-0.2, 0) is 0 Å². The van der Waals surface area contributed by atoms with Gasteiger partial charge in [0.25, 0.3) is 0 Å². The van der Waals surface area contributed by atoms with Crippen LogP contribution in [0.2, 0.25) is 0 Å². The second kappa shape index (κ2) is 13.4. The Morgan fingerprint density at radius 1 is 0.315 bits per heavy atom. The number of para-hydroxylation sites is 2. The fourth-order valence-corrected chi connectivity index (χ4v) is 7.77. The molecule has 2 nitrogen and oxygen atoms in total. The Hall–Kier alpha value is -7.16. The van der Waals surface area contributed by atoms with E-state index in [1.807, 2.05) is 12.1 Å². The van der Waals surface area contributed by atoms with E-state index in [0.717, 1.165) is 50.1 Å². The molecule has 10 aromatic rings. The molecule has 54 heavy (non-hydrogen) atoms. The van der Waals surface area contributed by atoms with Crippen molar-refractivity contribution in [3.8, 4) is 44.5 Å². The lowest BCUT2D eigenvalue weighted by Gasteiger charge is -2.28. The number of nitrogens with zero attached hydrogens (tertiary/aromatic N) is 1. The van der Waals surface area contributed by atoms with Gasteiger partial charge in [-0.3, -0.25) is 0 Å². The average molecular weight is 690 g/mol. The third-order valence-corrected chi connectivity index (χ3v) is 10.5. The predicted octanol–water partition coefficient (Wildman–Crippen LogP) is 14.9. The minimum atomic E-state index is 0.867. The summed E-state index contributed by atoms with van der Waals surface area (Å²) < 4.78 is 6.40. The van der Waals surface area contributed by atoms with Gasteiger partial charge in [0, 0.05) is 16.6 Å². The largest absolute Gasteiger partial charge is 0.456 e. The number of rotatable bonds is 7. The maximum absolute atomic E-state index is 6.40. The second-order valence-electron chi connectivity index (χ2n) is 13.7. The number of benzene rings is 9. The van der Waals surface area contributed by atoms with Crippen LogP contribution in [0.1, 0.15) is 0 Å². The molecule has 0 aliphatic heterocycles. The molecule has 0 aliphatic rings. The summed E-state index contributed by atoms with van der Waals surface area (Å²) in [5.41, 5.74) is 14.5. The molecule has 1 aromatic heterocycles. The van der Waals surface area contributed by atoms with Crippen LogP contribution < -0.4 is 4.90 Å². The van der Waals surface area contributed by atoms with Gasteiger partial charge in [0.05, 0.1) is 16.8 Å². The Morgan fingerprint density at radius 2 is 0.796 bits per heavy atom. The van der Waals surface area contributed by atoms with Crippen molar-refractivity contribution in [2.45, 2.75) is 0 Å². The van der Waals surface area contributed by atoms with Crippen LogP contribution >= 0.6 is 0 Å². The van der Waals surface area contributed by atoms with Crippen LogP contribution in [0.25, 0.3) is 77.2 Å². The van der Waals surface area contributed by atoms with Crippen LogP contribution in [0.4, 0.5) is 17.1 Å². The van der Waals surface area contributed by atoms with Crippen LogP contribution in [0.3, 0.4) is 0 Å². The highest BCUT2D eigenvalue weighted by atomic mass is 16.3. The Labute approximate surface area is 314 Å². The highest BCUT2D eigenvalue weighted by Gasteiger charge is 2.22. The van der Waals surface area contributed by atoms with Gasteiger partial charge in [-0.05, 0) is 98.2 Å². The van der Waals surface area contributed by atoms with E-state index >= 15 is 0 Å². The van der Waals surface area contributed by atoms with E-state index in [4.69, 9.17) is 4.42 Å². The van der Waals surface area contributed by atoms with Crippen LogP contribution in [0.5, 0.6) is 0 Å². The van der Waals surface area contributed by atoms with Gasteiger partial charge < -0.3 is 9.32 Å². The summed E-state index contributed by atoms with van der Waals surface area (Å²) in [6, 6.07) is 75.9. The standard InChI is InChI=1S/C52H35NO/c1-3-12-36(13-4-1)38-22-24-40(25-23-38)46-16-7-9-18-48(46)53(49-19-11-21-51-52(49)47-17-8-10-20-50(47)54-51)45-32-30-39(31-33-45)42-27-29-43-34-41(26-28-44(43)35-42)37-14-5-2-6-15-37/h1-35H. The molecule has 0 bridgehead atoms. The van der Waals surface area contributed by atoms with E-state index in [1.165, 1.54) is 44.2 Å². The fourth-order valence-electron chi connectivity index (χ4n) is 7.77. The highest BCUT2D eigenvalue weighted by molar-refractivity contribution is 6.14.